The molecule has 0 saturated carbocycles. The molecule has 3 rings (SSSR count). The van der Waals surface area contributed by atoms with E-state index in [2.05, 4.69) is 10.2 Å². The number of amides is 1. The van der Waals surface area contributed by atoms with E-state index in [1.165, 1.54) is 21.2 Å². The molecule has 0 aromatic carbocycles. The summed E-state index contributed by atoms with van der Waals surface area (Å²) in [6.07, 6.45) is 0. The Balaban J connectivity index is 1.81. The number of nitrogens with two attached hydrogens (primary N) is 1. The number of nitrogens with zero attached hydrogens (tertiary/aromatic N) is 4. The molecule has 136 valence electrons. The van der Waals surface area contributed by atoms with Crippen LogP contribution < -0.4 is 11.3 Å². The second kappa shape index (κ2) is 6.50. The van der Waals surface area contributed by atoms with E-state index in [0.717, 1.165) is 11.8 Å². The van der Waals surface area contributed by atoms with E-state index in [0.29, 0.717) is 5.75 Å². The van der Waals surface area contributed by atoms with Crippen molar-refractivity contribution in [2.75, 3.05) is 18.1 Å². The lowest BCUT2D eigenvalue weighted by atomic mass is 9.89. The number of β-lactam (4-membered cyclic amide) rings is 1. The van der Waals surface area contributed by atoms with Crippen LogP contribution in [0.5, 0.6) is 5.88 Å². The van der Waals surface area contributed by atoms with Crippen molar-refractivity contribution in [1.82, 2.24) is 19.7 Å². The minimum Gasteiger partial charge on any atom is -0.488 e. The van der Waals surface area contributed by atoms with E-state index >= 15 is 0 Å². The normalized spacial score (nSPS) is 28.4. The Bertz CT molecular complexity index is 787. The fourth-order valence-electron chi connectivity index (χ4n) is 2.79. The van der Waals surface area contributed by atoms with Crippen LogP contribution in [0.4, 0.5) is 0 Å². The van der Waals surface area contributed by atoms with E-state index < -0.39 is 28.9 Å². The van der Waals surface area contributed by atoms with Crippen molar-refractivity contribution in [3.8, 4) is 5.88 Å². The number of fused-ring (bicyclic) bond motifs is 1. The smallest absolute Gasteiger partial charge is 0.316 e. The maximum absolute atomic E-state index is 11.9. The molecule has 0 bridgehead atoms. The highest BCUT2D eigenvalue weighted by atomic mass is 32.2. The highest BCUT2D eigenvalue weighted by Gasteiger charge is 2.55. The third kappa shape index (κ3) is 2.87. The molecule has 2 aliphatic heterocycles. The molecule has 1 aromatic rings. The molecule has 0 radical (unpaired) electrons. The van der Waals surface area contributed by atoms with Gasteiger partial charge >= 0.3 is 11.5 Å². The average molecular weight is 387 g/mol. The molecule has 2 saturated heterocycles. The first-order valence-electron chi connectivity index (χ1n) is 7.51. The largest absolute Gasteiger partial charge is 0.488 e. The number of carboxylic acid groups (broad SMARTS) is 1. The molecule has 1 aromatic heterocycles. The summed E-state index contributed by atoms with van der Waals surface area (Å²) in [6, 6.07) is -0.572. The predicted octanol–water partition coefficient (Wildman–Crippen LogP) is -1.23. The number of hydrogen-bond donors (Lipinski definition) is 3. The lowest BCUT2D eigenvalue weighted by Gasteiger charge is -2.52. The monoisotopic (exact) mass is 387 g/mol. The Morgan fingerprint density at radius 3 is 2.84 bits per heavy atom. The quantitative estimate of drug-likeness (QED) is 0.413. The van der Waals surface area contributed by atoms with E-state index in [1.54, 1.807) is 6.92 Å². The molecule has 12 heteroatoms. The van der Waals surface area contributed by atoms with Crippen LogP contribution in [-0.2, 0) is 16.1 Å². The van der Waals surface area contributed by atoms with Crippen LogP contribution in [0, 0.1) is 5.41 Å². The number of rotatable bonds is 5. The van der Waals surface area contributed by atoms with Gasteiger partial charge in [0.1, 0.15) is 16.8 Å². The third-order valence-corrected chi connectivity index (χ3v) is 7.20. The van der Waals surface area contributed by atoms with Crippen molar-refractivity contribution < 1.29 is 19.8 Å². The second-order valence-electron chi connectivity index (χ2n) is 5.92. The summed E-state index contributed by atoms with van der Waals surface area (Å²) in [7, 11) is 0. The summed E-state index contributed by atoms with van der Waals surface area (Å²) < 4.78 is 1.23. The first-order chi connectivity index (χ1) is 11.8. The average Bonchev–Trinajstić information content (AvgIpc) is 2.61. The maximum Gasteiger partial charge on any atom is 0.316 e. The number of carboxylic acids is 1. The molecule has 2 unspecified atom stereocenters. The van der Waals surface area contributed by atoms with Gasteiger partial charge in [0.05, 0.1) is 0 Å². The molecule has 4 N–H and O–H groups in total. The van der Waals surface area contributed by atoms with Gasteiger partial charge in [-0.05, 0) is 6.92 Å². The molecule has 2 fully saturated rings. The summed E-state index contributed by atoms with van der Waals surface area (Å²) in [4.78, 5) is 37.1. The van der Waals surface area contributed by atoms with Gasteiger partial charge in [-0.1, -0.05) is 11.8 Å². The number of carbonyl (C=O) groups excluding carboxylic acids is 1. The zero-order valence-electron chi connectivity index (χ0n) is 13.3. The van der Waals surface area contributed by atoms with Gasteiger partial charge in [0, 0.05) is 24.6 Å². The molecule has 2 aliphatic rings. The van der Waals surface area contributed by atoms with E-state index in [-0.39, 0.29) is 35.3 Å². The van der Waals surface area contributed by atoms with Gasteiger partial charge in [-0.3, -0.25) is 19.0 Å². The molecule has 25 heavy (non-hydrogen) atoms. The maximum atomic E-state index is 11.9. The Labute approximate surface area is 150 Å². The van der Waals surface area contributed by atoms with Crippen LogP contribution in [0.25, 0.3) is 0 Å². The molecular formula is C13H17N5O5S2. The Morgan fingerprint density at radius 2 is 2.20 bits per heavy atom. The standard InChI is InChI=1S/C13H17N5O5S2/c1-2-17-9(21)7(19)15-16-12(17)25-5-13(11(22)23)3-18-8(20)6(14)10(18)24-4-13/h6,10H,2-5,14H2,1H3,(H,15,19)(H,22,23)/t6?,10-,13?/m1/s1. The minimum atomic E-state index is -1.17. The van der Waals surface area contributed by atoms with Crippen molar-refractivity contribution in [3.63, 3.8) is 0 Å². The van der Waals surface area contributed by atoms with Gasteiger partial charge in [-0.25, -0.2) is 0 Å². The van der Waals surface area contributed by atoms with Crippen molar-refractivity contribution in [1.29, 1.82) is 0 Å². The van der Waals surface area contributed by atoms with Gasteiger partial charge in [0.2, 0.25) is 5.91 Å². The zero-order chi connectivity index (χ0) is 18.4. The molecule has 3 atom stereocenters. The first kappa shape index (κ1) is 18.0. The van der Waals surface area contributed by atoms with Crippen LogP contribution in [0.1, 0.15) is 6.92 Å². The molecule has 0 aliphatic carbocycles. The number of carbonyl (C=O) groups is 2. The van der Waals surface area contributed by atoms with Gasteiger partial charge in [-0.2, -0.15) is 0 Å². The highest BCUT2D eigenvalue weighted by Crippen LogP contribution is 2.43. The molecule has 10 nitrogen and oxygen atoms in total. The van der Waals surface area contributed by atoms with Crippen LogP contribution in [-0.4, -0.2) is 71.2 Å². The zero-order valence-corrected chi connectivity index (χ0v) is 14.9. The highest BCUT2D eigenvalue weighted by molar-refractivity contribution is 8.00. The summed E-state index contributed by atoms with van der Waals surface area (Å²) in [5.74, 6) is -1.55. The number of aromatic nitrogens is 3. The van der Waals surface area contributed by atoms with Crippen LogP contribution in [0.15, 0.2) is 9.95 Å². The summed E-state index contributed by atoms with van der Waals surface area (Å²) in [6.45, 7) is 2.04. The van der Waals surface area contributed by atoms with Crippen molar-refractivity contribution in [2.45, 2.75) is 30.0 Å². The fourth-order valence-corrected chi connectivity index (χ4v) is 5.60. The Kier molecular flexibility index (Phi) is 4.68. The van der Waals surface area contributed by atoms with E-state index in [4.69, 9.17) is 5.73 Å². The number of aliphatic carboxylic acids is 1. The molecule has 1 amide bonds. The van der Waals surface area contributed by atoms with Crippen molar-refractivity contribution >= 4 is 35.4 Å². The minimum absolute atomic E-state index is 0.0708. The van der Waals surface area contributed by atoms with Crippen molar-refractivity contribution in [2.24, 2.45) is 11.1 Å². The summed E-state index contributed by atoms with van der Waals surface area (Å²) in [5, 5.41) is 26.3. The fraction of sp³-hybridized carbons (Fsp3) is 0.615. The van der Waals surface area contributed by atoms with Gasteiger partial charge < -0.3 is 20.8 Å². The van der Waals surface area contributed by atoms with Gasteiger partial charge in [-0.15, -0.1) is 22.0 Å². The van der Waals surface area contributed by atoms with Crippen LogP contribution >= 0.6 is 23.5 Å². The summed E-state index contributed by atoms with van der Waals surface area (Å²) in [5.41, 5.74) is 3.88. The molecular weight excluding hydrogens is 370 g/mol. The second-order valence-corrected chi connectivity index (χ2v) is 7.97. The lowest BCUT2D eigenvalue weighted by molar-refractivity contribution is -0.155. The van der Waals surface area contributed by atoms with Crippen LogP contribution in [0.2, 0.25) is 0 Å². The molecule has 3 heterocycles. The topological polar surface area (TPSA) is 152 Å². The first-order valence-corrected chi connectivity index (χ1v) is 9.54. The SMILES string of the molecule is CCn1c(SCC2(C(=O)O)CS[C@@H]3C(N)C(=O)N3C2)nnc(O)c1=O. The van der Waals surface area contributed by atoms with Crippen molar-refractivity contribution in [3.05, 3.63) is 10.4 Å². The van der Waals surface area contributed by atoms with Crippen LogP contribution in [0.3, 0.4) is 0 Å². The Hall–Kier alpha value is -1.79. The Morgan fingerprint density at radius 1 is 1.48 bits per heavy atom. The predicted molar refractivity (Wildman–Crippen MR) is 90.4 cm³/mol. The summed E-state index contributed by atoms with van der Waals surface area (Å²) >= 11 is 2.42. The van der Waals surface area contributed by atoms with Gasteiger partial charge in [0.15, 0.2) is 5.16 Å². The number of thioether (sulfide) groups is 2. The lowest BCUT2D eigenvalue weighted by Crippen LogP contribution is -2.72. The number of aromatic hydroxyl groups is 1. The third-order valence-electron chi connectivity index (χ3n) is 4.33. The molecule has 0 spiro atoms. The number of hydrogen-bond acceptors (Lipinski definition) is 9. The van der Waals surface area contributed by atoms with Gasteiger partial charge in [0.25, 0.3) is 5.88 Å². The van der Waals surface area contributed by atoms with E-state index in [9.17, 15) is 24.6 Å². The van der Waals surface area contributed by atoms with E-state index in [1.807, 2.05) is 0 Å².